The molecule has 116 valence electrons. The number of piperidine rings is 1. The Labute approximate surface area is 142 Å². The second-order valence-corrected chi connectivity index (χ2v) is 7.38. The molecule has 0 radical (unpaired) electrons. The third-order valence-corrected chi connectivity index (χ3v) is 5.93. The molecule has 2 aromatic rings. The quantitative estimate of drug-likeness (QED) is 0.848. The lowest BCUT2D eigenvalue weighted by Gasteiger charge is -2.20. The number of halogens is 1. The molecule has 3 rings (SSSR count). The molecular weight excluding hydrogens is 362 g/mol. The van der Waals surface area contributed by atoms with Crippen LogP contribution in [0.3, 0.4) is 0 Å². The largest absolute Gasteiger partial charge is 0.317 e. The molecule has 2 heterocycles. The smallest absolute Gasteiger partial charge is 0.257 e. The summed E-state index contributed by atoms with van der Waals surface area (Å²) in [4.78, 5) is 18.0. The van der Waals surface area contributed by atoms with Crippen LogP contribution in [0.25, 0.3) is 0 Å². The summed E-state index contributed by atoms with van der Waals surface area (Å²) in [5.74, 6) is 0.460. The molecule has 0 aliphatic carbocycles. The molecule has 1 amide bonds. The highest BCUT2D eigenvalue weighted by Crippen LogP contribution is 2.32. The fourth-order valence-electron chi connectivity index (χ4n) is 2.66. The van der Waals surface area contributed by atoms with Gasteiger partial charge in [0.25, 0.3) is 5.91 Å². The molecule has 1 saturated heterocycles. The molecule has 4 nitrogen and oxygen atoms in total. The zero-order valence-corrected chi connectivity index (χ0v) is 14.8. The van der Waals surface area contributed by atoms with E-state index >= 15 is 0 Å². The van der Waals surface area contributed by atoms with Crippen molar-refractivity contribution in [3.63, 3.8) is 0 Å². The topological polar surface area (TPSA) is 54.0 Å². The second-order valence-electron chi connectivity index (χ2n) is 5.46. The van der Waals surface area contributed by atoms with E-state index in [1.807, 2.05) is 31.3 Å². The summed E-state index contributed by atoms with van der Waals surface area (Å²) in [5, 5.41) is 6.96. The summed E-state index contributed by atoms with van der Waals surface area (Å²) in [6, 6.07) is 5.63. The standard InChI is InChI=1S/C16H18BrN3OS/c1-10-12(3-2-4-13(10)17)15(21)20-16-19-9-14(22-16)11-5-7-18-8-6-11/h2-4,9,11,18H,5-8H2,1H3,(H,19,20,21). The van der Waals surface area contributed by atoms with E-state index in [-0.39, 0.29) is 5.91 Å². The molecule has 2 N–H and O–H groups in total. The Balaban J connectivity index is 1.72. The lowest BCUT2D eigenvalue weighted by Crippen LogP contribution is -2.26. The summed E-state index contributed by atoms with van der Waals surface area (Å²) < 4.78 is 0.940. The molecule has 0 unspecified atom stereocenters. The zero-order valence-electron chi connectivity index (χ0n) is 12.4. The Kier molecular flexibility index (Phi) is 4.90. The summed E-state index contributed by atoms with van der Waals surface area (Å²) in [6.45, 7) is 4.05. The molecular formula is C16H18BrN3OS. The van der Waals surface area contributed by atoms with Gasteiger partial charge in [0.1, 0.15) is 0 Å². The van der Waals surface area contributed by atoms with Crippen LogP contribution in [0.15, 0.2) is 28.9 Å². The minimum Gasteiger partial charge on any atom is -0.317 e. The fraction of sp³-hybridized carbons (Fsp3) is 0.375. The molecule has 1 aliphatic heterocycles. The number of rotatable bonds is 3. The maximum absolute atomic E-state index is 12.4. The van der Waals surface area contributed by atoms with Gasteiger partial charge in [0.15, 0.2) is 5.13 Å². The highest BCUT2D eigenvalue weighted by molar-refractivity contribution is 9.10. The number of anilines is 1. The zero-order chi connectivity index (χ0) is 15.5. The number of aromatic nitrogens is 1. The van der Waals surface area contributed by atoms with E-state index in [0.717, 1.165) is 36.0 Å². The maximum atomic E-state index is 12.4. The number of hydrogen-bond donors (Lipinski definition) is 2. The van der Waals surface area contributed by atoms with Gasteiger partial charge in [-0.05, 0) is 56.5 Å². The van der Waals surface area contributed by atoms with Crippen molar-refractivity contribution in [1.29, 1.82) is 0 Å². The van der Waals surface area contributed by atoms with Crippen molar-refractivity contribution < 1.29 is 4.79 Å². The first kappa shape index (κ1) is 15.6. The van der Waals surface area contributed by atoms with Gasteiger partial charge < -0.3 is 5.32 Å². The Bertz CT molecular complexity index is 680. The third kappa shape index (κ3) is 3.39. The van der Waals surface area contributed by atoms with Crippen molar-refractivity contribution in [2.75, 3.05) is 18.4 Å². The van der Waals surface area contributed by atoms with Crippen LogP contribution in [-0.2, 0) is 0 Å². The van der Waals surface area contributed by atoms with Gasteiger partial charge in [-0.1, -0.05) is 22.0 Å². The molecule has 0 spiro atoms. The molecule has 1 aromatic heterocycles. The SMILES string of the molecule is Cc1c(Br)cccc1C(=O)Nc1ncc(C2CCNCC2)s1. The van der Waals surface area contributed by atoms with Gasteiger partial charge in [-0.3, -0.25) is 10.1 Å². The summed E-state index contributed by atoms with van der Waals surface area (Å²) in [7, 11) is 0. The van der Waals surface area contributed by atoms with E-state index in [0.29, 0.717) is 16.6 Å². The van der Waals surface area contributed by atoms with Crippen LogP contribution in [0.2, 0.25) is 0 Å². The summed E-state index contributed by atoms with van der Waals surface area (Å²) in [5.41, 5.74) is 1.61. The third-order valence-electron chi connectivity index (χ3n) is 4.00. The number of benzene rings is 1. The van der Waals surface area contributed by atoms with Crippen LogP contribution in [0, 0.1) is 6.92 Å². The number of thiazole rings is 1. The normalized spacial score (nSPS) is 15.7. The second kappa shape index (κ2) is 6.89. The van der Waals surface area contributed by atoms with Crippen molar-refractivity contribution >= 4 is 38.3 Å². The fourth-order valence-corrected chi connectivity index (χ4v) is 4.00. The number of hydrogen-bond acceptors (Lipinski definition) is 4. The lowest BCUT2D eigenvalue weighted by molar-refractivity contribution is 0.102. The highest BCUT2D eigenvalue weighted by atomic mass is 79.9. The monoisotopic (exact) mass is 379 g/mol. The Hall–Kier alpha value is -1.24. The molecule has 0 saturated carbocycles. The molecule has 1 fully saturated rings. The van der Waals surface area contributed by atoms with Crippen LogP contribution >= 0.6 is 27.3 Å². The van der Waals surface area contributed by atoms with Gasteiger partial charge in [0.05, 0.1) is 0 Å². The molecule has 1 aliphatic rings. The average Bonchev–Trinajstić information content (AvgIpc) is 2.99. The minimum atomic E-state index is -0.106. The number of nitrogens with one attached hydrogen (secondary N) is 2. The Morgan fingerprint density at radius 3 is 2.95 bits per heavy atom. The van der Waals surface area contributed by atoms with Gasteiger partial charge in [-0.2, -0.15) is 0 Å². The van der Waals surface area contributed by atoms with E-state index in [1.54, 1.807) is 11.3 Å². The van der Waals surface area contributed by atoms with Crippen LogP contribution in [-0.4, -0.2) is 24.0 Å². The maximum Gasteiger partial charge on any atom is 0.257 e. The molecule has 0 bridgehead atoms. The highest BCUT2D eigenvalue weighted by Gasteiger charge is 2.19. The minimum absolute atomic E-state index is 0.106. The average molecular weight is 380 g/mol. The predicted octanol–water partition coefficient (Wildman–Crippen LogP) is 3.93. The van der Waals surface area contributed by atoms with E-state index in [4.69, 9.17) is 0 Å². The van der Waals surface area contributed by atoms with E-state index in [2.05, 4.69) is 31.5 Å². The Morgan fingerprint density at radius 2 is 2.18 bits per heavy atom. The predicted molar refractivity (Wildman–Crippen MR) is 93.8 cm³/mol. The van der Waals surface area contributed by atoms with Crippen molar-refractivity contribution in [2.24, 2.45) is 0 Å². The molecule has 6 heteroatoms. The number of carbonyl (C=O) groups excluding carboxylic acids is 1. The van der Waals surface area contributed by atoms with Gasteiger partial charge >= 0.3 is 0 Å². The van der Waals surface area contributed by atoms with Gasteiger partial charge in [-0.15, -0.1) is 11.3 Å². The van der Waals surface area contributed by atoms with Crippen molar-refractivity contribution in [1.82, 2.24) is 10.3 Å². The van der Waals surface area contributed by atoms with Crippen LogP contribution in [0.4, 0.5) is 5.13 Å². The van der Waals surface area contributed by atoms with Crippen LogP contribution in [0.5, 0.6) is 0 Å². The van der Waals surface area contributed by atoms with Crippen molar-refractivity contribution in [2.45, 2.75) is 25.7 Å². The first-order valence-corrected chi connectivity index (χ1v) is 8.99. The Morgan fingerprint density at radius 1 is 1.41 bits per heavy atom. The van der Waals surface area contributed by atoms with Crippen molar-refractivity contribution in [3.05, 3.63) is 44.9 Å². The molecule has 1 aromatic carbocycles. The molecule has 0 atom stereocenters. The van der Waals surface area contributed by atoms with Gasteiger partial charge in [-0.25, -0.2) is 4.98 Å². The van der Waals surface area contributed by atoms with E-state index in [1.165, 1.54) is 4.88 Å². The van der Waals surface area contributed by atoms with Gasteiger partial charge in [0, 0.05) is 21.1 Å². The number of amides is 1. The summed E-state index contributed by atoms with van der Waals surface area (Å²) in [6.07, 6.45) is 4.19. The summed E-state index contributed by atoms with van der Waals surface area (Å²) >= 11 is 5.05. The first-order chi connectivity index (χ1) is 10.6. The van der Waals surface area contributed by atoms with Crippen LogP contribution < -0.4 is 10.6 Å². The van der Waals surface area contributed by atoms with Gasteiger partial charge in [0.2, 0.25) is 0 Å². The first-order valence-electron chi connectivity index (χ1n) is 7.38. The van der Waals surface area contributed by atoms with Crippen molar-refractivity contribution in [3.8, 4) is 0 Å². The lowest BCUT2D eigenvalue weighted by atomic mass is 9.97. The molecule has 22 heavy (non-hydrogen) atoms. The van der Waals surface area contributed by atoms with Crippen LogP contribution in [0.1, 0.15) is 39.6 Å². The number of nitrogens with zero attached hydrogens (tertiary/aromatic N) is 1. The number of carbonyl (C=O) groups is 1. The van der Waals surface area contributed by atoms with E-state index in [9.17, 15) is 4.79 Å². The van der Waals surface area contributed by atoms with E-state index < -0.39 is 0 Å².